The first-order valence-corrected chi connectivity index (χ1v) is 7.63. The van der Waals surface area contributed by atoms with Gasteiger partial charge < -0.3 is 15.4 Å². The minimum Gasteiger partial charge on any atom is -0.484 e. The van der Waals surface area contributed by atoms with Gasteiger partial charge in [-0.3, -0.25) is 4.79 Å². The van der Waals surface area contributed by atoms with Crippen molar-refractivity contribution in [2.24, 2.45) is 0 Å². The summed E-state index contributed by atoms with van der Waals surface area (Å²) in [6.45, 7) is 5.25. The fraction of sp³-hybridized carbons (Fsp3) is 0.353. The Morgan fingerprint density at radius 2 is 2.04 bits per heavy atom. The molecule has 0 unspecified atom stereocenters. The summed E-state index contributed by atoms with van der Waals surface area (Å²) in [4.78, 5) is 22.1. The second-order valence-corrected chi connectivity index (χ2v) is 5.96. The lowest BCUT2D eigenvalue weighted by Crippen LogP contribution is -2.30. The predicted molar refractivity (Wildman–Crippen MR) is 86.7 cm³/mol. The van der Waals surface area contributed by atoms with E-state index in [-0.39, 0.29) is 18.5 Å². The van der Waals surface area contributed by atoms with Crippen LogP contribution in [-0.4, -0.2) is 27.4 Å². The molecule has 1 aromatic heterocycles. The summed E-state index contributed by atoms with van der Waals surface area (Å²) in [6.07, 6.45) is 1.68. The van der Waals surface area contributed by atoms with Crippen LogP contribution >= 0.6 is 0 Å². The maximum absolute atomic E-state index is 12.3. The van der Waals surface area contributed by atoms with Gasteiger partial charge in [-0.2, -0.15) is 0 Å². The third kappa shape index (κ3) is 3.41. The number of ether oxygens (including phenoxy) is 1. The van der Waals surface area contributed by atoms with Gasteiger partial charge in [0, 0.05) is 18.3 Å². The molecule has 6 heteroatoms. The number of benzene rings is 1. The van der Waals surface area contributed by atoms with E-state index < -0.39 is 0 Å². The molecule has 120 valence electrons. The molecule has 1 aromatic carbocycles. The number of rotatable bonds is 4. The second kappa shape index (κ2) is 6.24. The van der Waals surface area contributed by atoms with Gasteiger partial charge in [0.2, 0.25) is 5.95 Å². The molecule has 0 bridgehead atoms. The predicted octanol–water partition coefficient (Wildman–Crippen LogP) is 2.10. The number of fused-ring (bicyclic) bond motifs is 1. The Morgan fingerprint density at radius 3 is 2.74 bits per heavy atom. The van der Waals surface area contributed by atoms with Crippen LogP contribution in [0.15, 0.2) is 30.5 Å². The number of carbonyl (C=O) groups excluding carboxylic acids is 1. The van der Waals surface area contributed by atoms with Crippen molar-refractivity contribution in [3.8, 4) is 5.75 Å². The number of hydrogen-bond acceptors (Lipinski definition) is 5. The van der Waals surface area contributed by atoms with Crippen molar-refractivity contribution < 1.29 is 9.53 Å². The van der Waals surface area contributed by atoms with Crippen LogP contribution in [0.5, 0.6) is 5.75 Å². The normalized spacial score (nSPS) is 13.3. The Labute approximate surface area is 135 Å². The summed E-state index contributed by atoms with van der Waals surface area (Å²) in [5.74, 6) is 1.33. The van der Waals surface area contributed by atoms with Gasteiger partial charge in [0.25, 0.3) is 5.91 Å². The van der Waals surface area contributed by atoms with E-state index in [1.807, 2.05) is 24.3 Å². The first-order valence-electron chi connectivity index (χ1n) is 7.63. The van der Waals surface area contributed by atoms with Crippen molar-refractivity contribution in [3.63, 3.8) is 0 Å². The number of nitrogens with zero attached hydrogens (tertiary/aromatic N) is 3. The SMILES string of the molecule is CC(C)c1ccc(OCC(=O)N2Cc3cnc(N)nc3C2)cc1. The molecule has 1 aliphatic heterocycles. The molecular weight excluding hydrogens is 292 g/mol. The van der Waals surface area contributed by atoms with Gasteiger partial charge in [-0.15, -0.1) is 0 Å². The zero-order valence-electron chi connectivity index (χ0n) is 13.3. The average molecular weight is 312 g/mol. The monoisotopic (exact) mass is 312 g/mol. The molecule has 0 spiro atoms. The van der Waals surface area contributed by atoms with Crippen LogP contribution in [0, 0.1) is 0 Å². The molecule has 0 saturated heterocycles. The van der Waals surface area contributed by atoms with Crippen molar-refractivity contribution in [2.45, 2.75) is 32.9 Å². The van der Waals surface area contributed by atoms with E-state index in [4.69, 9.17) is 10.5 Å². The Morgan fingerprint density at radius 1 is 1.30 bits per heavy atom. The number of nitrogen functional groups attached to an aromatic ring is 1. The highest BCUT2D eigenvalue weighted by Gasteiger charge is 2.25. The van der Waals surface area contributed by atoms with Gasteiger partial charge in [0.15, 0.2) is 6.61 Å². The first kappa shape index (κ1) is 15.3. The molecule has 0 saturated carbocycles. The van der Waals surface area contributed by atoms with E-state index in [1.165, 1.54) is 5.56 Å². The van der Waals surface area contributed by atoms with Gasteiger partial charge in [0.05, 0.1) is 12.2 Å². The summed E-state index contributed by atoms with van der Waals surface area (Å²) < 4.78 is 5.59. The molecule has 3 rings (SSSR count). The lowest BCUT2D eigenvalue weighted by molar-refractivity contribution is -0.134. The smallest absolute Gasteiger partial charge is 0.261 e. The number of anilines is 1. The minimum atomic E-state index is -0.0745. The minimum absolute atomic E-state index is 0.0118. The summed E-state index contributed by atoms with van der Waals surface area (Å²) >= 11 is 0. The topological polar surface area (TPSA) is 81.3 Å². The highest BCUT2D eigenvalue weighted by Crippen LogP contribution is 2.22. The largest absolute Gasteiger partial charge is 0.484 e. The molecule has 2 N–H and O–H groups in total. The maximum Gasteiger partial charge on any atom is 0.261 e. The van der Waals surface area contributed by atoms with Gasteiger partial charge in [-0.25, -0.2) is 9.97 Å². The Bertz CT molecular complexity index is 713. The zero-order chi connectivity index (χ0) is 16.4. The molecule has 1 amide bonds. The lowest BCUT2D eigenvalue weighted by atomic mass is 10.0. The van der Waals surface area contributed by atoms with E-state index in [2.05, 4.69) is 23.8 Å². The molecule has 2 aromatic rings. The van der Waals surface area contributed by atoms with Gasteiger partial charge >= 0.3 is 0 Å². The number of amides is 1. The van der Waals surface area contributed by atoms with Crippen LogP contribution in [-0.2, 0) is 17.9 Å². The quantitative estimate of drug-likeness (QED) is 0.935. The van der Waals surface area contributed by atoms with Crippen molar-refractivity contribution in [1.82, 2.24) is 14.9 Å². The average Bonchev–Trinajstić information content (AvgIpc) is 2.96. The lowest BCUT2D eigenvalue weighted by Gasteiger charge is -2.15. The van der Waals surface area contributed by atoms with E-state index in [1.54, 1.807) is 11.1 Å². The van der Waals surface area contributed by atoms with Crippen LogP contribution in [0.25, 0.3) is 0 Å². The molecule has 23 heavy (non-hydrogen) atoms. The third-order valence-corrected chi connectivity index (χ3v) is 3.94. The number of carbonyl (C=O) groups is 1. The van der Waals surface area contributed by atoms with Crippen molar-refractivity contribution >= 4 is 11.9 Å². The summed E-state index contributed by atoms with van der Waals surface area (Å²) in [5, 5.41) is 0. The summed E-state index contributed by atoms with van der Waals surface area (Å²) in [5.41, 5.74) is 8.57. The van der Waals surface area contributed by atoms with Crippen molar-refractivity contribution in [1.29, 1.82) is 0 Å². The number of nitrogens with two attached hydrogens (primary N) is 1. The van der Waals surface area contributed by atoms with Crippen LogP contribution in [0.3, 0.4) is 0 Å². The van der Waals surface area contributed by atoms with E-state index in [0.29, 0.717) is 24.8 Å². The van der Waals surface area contributed by atoms with Gasteiger partial charge in [-0.1, -0.05) is 26.0 Å². The second-order valence-electron chi connectivity index (χ2n) is 5.96. The first-order chi connectivity index (χ1) is 11.0. The molecule has 2 heterocycles. The van der Waals surface area contributed by atoms with Crippen LogP contribution < -0.4 is 10.5 Å². The van der Waals surface area contributed by atoms with Crippen molar-refractivity contribution in [2.75, 3.05) is 12.3 Å². The molecule has 0 fully saturated rings. The Kier molecular flexibility index (Phi) is 4.14. The molecule has 0 radical (unpaired) electrons. The Balaban J connectivity index is 1.56. The molecule has 1 aliphatic rings. The molecule has 0 atom stereocenters. The fourth-order valence-corrected chi connectivity index (χ4v) is 2.53. The zero-order valence-corrected chi connectivity index (χ0v) is 13.3. The van der Waals surface area contributed by atoms with E-state index >= 15 is 0 Å². The summed E-state index contributed by atoms with van der Waals surface area (Å²) in [7, 11) is 0. The number of hydrogen-bond donors (Lipinski definition) is 1. The maximum atomic E-state index is 12.3. The number of aromatic nitrogens is 2. The standard InChI is InChI=1S/C17H20N4O2/c1-11(2)12-3-5-14(6-4-12)23-10-16(22)21-8-13-7-19-17(18)20-15(13)9-21/h3-7,11H,8-10H2,1-2H3,(H2,18,19,20). The summed E-state index contributed by atoms with van der Waals surface area (Å²) in [6, 6.07) is 7.84. The molecular formula is C17H20N4O2. The van der Waals surface area contributed by atoms with Gasteiger partial charge in [0.1, 0.15) is 5.75 Å². The highest BCUT2D eigenvalue weighted by molar-refractivity contribution is 5.78. The van der Waals surface area contributed by atoms with E-state index in [0.717, 1.165) is 11.3 Å². The highest BCUT2D eigenvalue weighted by atomic mass is 16.5. The van der Waals surface area contributed by atoms with Crippen LogP contribution in [0.4, 0.5) is 5.95 Å². The molecule has 0 aliphatic carbocycles. The van der Waals surface area contributed by atoms with Crippen molar-refractivity contribution in [3.05, 3.63) is 47.3 Å². The fourth-order valence-electron chi connectivity index (χ4n) is 2.53. The third-order valence-electron chi connectivity index (χ3n) is 3.94. The van der Waals surface area contributed by atoms with E-state index in [9.17, 15) is 4.79 Å². The van der Waals surface area contributed by atoms with Crippen LogP contribution in [0.1, 0.15) is 36.6 Å². The molecule has 6 nitrogen and oxygen atoms in total. The van der Waals surface area contributed by atoms with Crippen LogP contribution in [0.2, 0.25) is 0 Å². The van der Waals surface area contributed by atoms with Gasteiger partial charge in [-0.05, 0) is 23.6 Å². The Hall–Kier alpha value is -2.63.